The van der Waals surface area contributed by atoms with Gasteiger partial charge in [0, 0.05) is 55.5 Å². The highest BCUT2D eigenvalue weighted by Crippen LogP contribution is 2.46. The van der Waals surface area contributed by atoms with Crippen molar-refractivity contribution < 1.29 is 13.9 Å². The molecule has 3 aliphatic heterocycles. The lowest BCUT2D eigenvalue weighted by Crippen LogP contribution is -2.58. The predicted molar refractivity (Wildman–Crippen MR) is 94.8 cm³/mol. The molecule has 1 spiro atoms. The topological polar surface area (TPSA) is 21.7 Å². The van der Waals surface area contributed by atoms with E-state index < -0.39 is 0 Å². The lowest BCUT2D eigenvalue weighted by molar-refractivity contribution is -0.0133. The molecule has 3 heterocycles. The Hall–Kier alpha value is -0.620. The molecular formula is C19H26FNO2S. The SMILES string of the molecule is Fc1ccccc1CN1CC2(CC(OCC3CCOCC3)CS2)C1. The number of rotatable bonds is 5. The Balaban J connectivity index is 1.21. The van der Waals surface area contributed by atoms with E-state index in [1.807, 2.05) is 12.1 Å². The highest BCUT2D eigenvalue weighted by molar-refractivity contribution is 8.01. The minimum Gasteiger partial charge on any atom is -0.381 e. The van der Waals surface area contributed by atoms with Gasteiger partial charge in [-0.15, -0.1) is 11.8 Å². The molecule has 0 aromatic heterocycles. The van der Waals surface area contributed by atoms with E-state index in [2.05, 4.69) is 16.7 Å². The Bertz CT molecular complexity index is 558. The van der Waals surface area contributed by atoms with Crippen molar-refractivity contribution >= 4 is 11.8 Å². The number of thioether (sulfide) groups is 1. The van der Waals surface area contributed by atoms with E-state index in [0.717, 1.165) is 70.0 Å². The van der Waals surface area contributed by atoms with Gasteiger partial charge in [0.15, 0.2) is 0 Å². The molecule has 0 saturated carbocycles. The fourth-order valence-corrected chi connectivity index (χ4v) is 5.67. The Kier molecular flexibility index (Phi) is 5.13. The number of halogens is 1. The van der Waals surface area contributed by atoms with E-state index in [1.54, 1.807) is 12.1 Å². The minimum absolute atomic E-state index is 0.0878. The quantitative estimate of drug-likeness (QED) is 0.811. The molecule has 1 unspecified atom stereocenters. The van der Waals surface area contributed by atoms with Gasteiger partial charge in [-0.25, -0.2) is 4.39 Å². The molecule has 0 bridgehead atoms. The summed E-state index contributed by atoms with van der Waals surface area (Å²) >= 11 is 2.06. The second-order valence-corrected chi connectivity index (χ2v) is 8.93. The fraction of sp³-hybridized carbons (Fsp3) is 0.684. The average Bonchev–Trinajstić information content (AvgIpc) is 3.00. The van der Waals surface area contributed by atoms with Crippen molar-refractivity contribution in [2.24, 2.45) is 5.92 Å². The summed E-state index contributed by atoms with van der Waals surface area (Å²) in [6.07, 6.45) is 3.82. The van der Waals surface area contributed by atoms with Gasteiger partial charge in [-0.3, -0.25) is 4.90 Å². The maximum Gasteiger partial charge on any atom is 0.127 e. The van der Waals surface area contributed by atoms with Crippen molar-refractivity contribution in [1.82, 2.24) is 4.90 Å². The van der Waals surface area contributed by atoms with E-state index in [0.29, 0.717) is 16.8 Å². The average molecular weight is 351 g/mol. The molecule has 0 N–H and O–H groups in total. The van der Waals surface area contributed by atoms with Crippen LogP contribution < -0.4 is 0 Å². The maximum absolute atomic E-state index is 13.8. The summed E-state index contributed by atoms with van der Waals surface area (Å²) in [5, 5.41) is 0. The lowest BCUT2D eigenvalue weighted by Gasteiger charge is -2.47. The zero-order valence-electron chi connectivity index (χ0n) is 14.1. The normalized spacial score (nSPS) is 27.5. The van der Waals surface area contributed by atoms with Crippen LogP contribution in [0.4, 0.5) is 4.39 Å². The van der Waals surface area contributed by atoms with E-state index in [4.69, 9.17) is 9.47 Å². The molecule has 3 aliphatic rings. The van der Waals surface area contributed by atoms with Gasteiger partial charge >= 0.3 is 0 Å². The number of ether oxygens (including phenoxy) is 2. The number of likely N-dealkylation sites (tertiary alicyclic amines) is 1. The summed E-state index contributed by atoms with van der Waals surface area (Å²) in [5.41, 5.74) is 0.808. The van der Waals surface area contributed by atoms with Crippen LogP contribution in [0.5, 0.6) is 0 Å². The van der Waals surface area contributed by atoms with Crippen molar-refractivity contribution in [3.8, 4) is 0 Å². The Morgan fingerprint density at radius 2 is 2.04 bits per heavy atom. The van der Waals surface area contributed by atoms with Crippen molar-refractivity contribution in [2.75, 3.05) is 38.7 Å². The van der Waals surface area contributed by atoms with Crippen molar-refractivity contribution in [1.29, 1.82) is 0 Å². The monoisotopic (exact) mass is 351 g/mol. The smallest absolute Gasteiger partial charge is 0.127 e. The molecule has 3 fully saturated rings. The zero-order chi connectivity index (χ0) is 16.4. The minimum atomic E-state index is -0.0878. The molecule has 1 atom stereocenters. The van der Waals surface area contributed by atoms with Crippen molar-refractivity contribution in [3.05, 3.63) is 35.6 Å². The molecule has 0 aliphatic carbocycles. The summed E-state index contributed by atoms with van der Waals surface area (Å²) in [6.45, 7) is 5.52. The van der Waals surface area contributed by atoms with Crippen LogP contribution in [0.15, 0.2) is 24.3 Å². The molecule has 4 rings (SSSR count). The third-order valence-electron chi connectivity index (χ3n) is 5.46. The Morgan fingerprint density at radius 1 is 1.25 bits per heavy atom. The standard InChI is InChI=1S/C19H26FNO2S/c20-18-4-2-1-3-16(18)10-21-13-19(14-21)9-17(12-24-19)23-11-15-5-7-22-8-6-15/h1-4,15,17H,5-14H2. The molecule has 5 heteroatoms. The molecule has 24 heavy (non-hydrogen) atoms. The molecule has 1 aromatic carbocycles. The van der Waals surface area contributed by atoms with Gasteiger partial charge in [-0.2, -0.15) is 0 Å². The van der Waals surface area contributed by atoms with Crippen LogP contribution in [0.25, 0.3) is 0 Å². The highest BCUT2D eigenvalue weighted by atomic mass is 32.2. The van der Waals surface area contributed by atoms with Crippen LogP contribution in [0.1, 0.15) is 24.8 Å². The van der Waals surface area contributed by atoms with Crippen molar-refractivity contribution in [2.45, 2.75) is 36.7 Å². The van der Waals surface area contributed by atoms with Gasteiger partial charge < -0.3 is 9.47 Å². The van der Waals surface area contributed by atoms with Crippen LogP contribution in [-0.4, -0.2) is 54.4 Å². The van der Waals surface area contributed by atoms with Gasteiger partial charge in [0.05, 0.1) is 6.10 Å². The first-order valence-corrected chi connectivity index (χ1v) is 10.0. The Morgan fingerprint density at radius 3 is 2.83 bits per heavy atom. The first-order chi connectivity index (χ1) is 11.7. The molecule has 1 aromatic rings. The molecule has 3 nitrogen and oxygen atoms in total. The molecule has 132 valence electrons. The fourth-order valence-electron chi connectivity index (χ4n) is 4.06. The van der Waals surface area contributed by atoms with Crippen LogP contribution in [0.2, 0.25) is 0 Å². The highest BCUT2D eigenvalue weighted by Gasteiger charge is 2.49. The second-order valence-electron chi connectivity index (χ2n) is 7.45. The molecule has 0 amide bonds. The predicted octanol–water partition coefficient (Wildman–Crippen LogP) is 3.33. The lowest BCUT2D eigenvalue weighted by atomic mass is 9.92. The van der Waals surface area contributed by atoms with Crippen molar-refractivity contribution in [3.63, 3.8) is 0 Å². The van der Waals surface area contributed by atoms with E-state index in [1.165, 1.54) is 0 Å². The van der Waals surface area contributed by atoms with Gasteiger partial charge in [0.1, 0.15) is 5.82 Å². The third kappa shape index (κ3) is 3.79. The zero-order valence-corrected chi connectivity index (χ0v) is 14.9. The number of benzene rings is 1. The Labute approximate surface area is 147 Å². The summed E-state index contributed by atoms with van der Waals surface area (Å²) in [5.74, 6) is 1.70. The van der Waals surface area contributed by atoms with Gasteiger partial charge in [0.25, 0.3) is 0 Å². The molecule has 3 saturated heterocycles. The van der Waals surface area contributed by atoms with Crippen LogP contribution in [0.3, 0.4) is 0 Å². The second kappa shape index (κ2) is 7.32. The first-order valence-electron chi connectivity index (χ1n) is 9.01. The summed E-state index contributed by atoms with van der Waals surface area (Å²) < 4.78 is 25.7. The van der Waals surface area contributed by atoms with Crippen LogP contribution in [0, 0.1) is 11.7 Å². The largest absolute Gasteiger partial charge is 0.381 e. The third-order valence-corrected chi connectivity index (χ3v) is 7.03. The number of nitrogens with zero attached hydrogens (tertiary/aromatic N) is 1. The molecular weight excluding hydrogens is 325 g/mol. The van der Waals surface area contributed by atoms with Gasteiger partial charge in [-0.05, 0) is 31.2 Å². The van der Waals surface area contributed by atoms with Crippen LogP contribution in [-0.2, 0) is 16.0 Å². The summed E-state index contributed by atoms with van der Waals surface area (Å²) in [6, 6.07) is 7.11. The maximum atomic E-state index is 13.8. The van der Waals surface area contributed by atoms with Gasteiger partial charge in [-0.1, -0.05) is 18.2 Å². The number of hydrogen-bond donors (Lipinski definition) is 0. The van der Waals surface area contributed by atoms with E-state index >= 15 is 0 Å². The summed E-state index contributed by atoms with van der Waals surface area (Å²) in [7, 11) is 0. The first kappa shape index (κ1) is 16.8. The number of hydrogen-bond acceptors (Lipinski definition) is 4. The van der Waals surface area contributed by atoms with E-state index in [9.17, 15) is 4.39 Å². The summed E-state index contributed by atoms with van der Waals surface area (Å²) in [4.78, 5) is 2.35. The molecule has 0 radical (unpaired) electrons. The van der Waals surface area contributed by atoms with Crippen LogP contribution >= 0.6 is 11.8 Å². The van der Waals surface area contributed by atoms with Gasteiger partial charge in [0.2, 0.25) is 0 Å². The van der Waals surface area contributed by atoms with E-state index in [-0.39, 0.29) is 5.82 Å².